The minimum atomic E-state index is -0.497. The minimum absolute atomic E-state index is 0.0259. The lowest BCUT2D eigenvalue weighted by Crippen LogP contribution is -2.04. The van der Waals surface area contributed by atoms with E-state index >= 15 is 0 Å². The van der Waals surface area contributed by atoms with Gasteiger partial charge in [0.2, 0.25) is 11.7 Å². The Hall–Kier alpha value is -2.77. The van der Waals surface area contributed by atoms with Gasteiger partial charge in [0.25, 0.3) is 5.69 Å². The molecule has 0 N–H and O–H groups in total. The van der Waals surface area contributed by atoms with Crippen LogP contribution < -0.4 is 0 Å². The Bertz CT molecular complexity index is 605. The molecular weight excluding hydrogens is 254 g/mol. The van der Waals surface area contributed by atoms with Gasteiger partial charge in [-0.15, -0.1) is 0 Å². The summed E-state index contributed by atoms with van der Waals surface area (Å²) in [4.78, 5) is 25.0. The number of rotatable bonds is 4. The number of nitro groups is 1. The second-order valence-corrected chi connectivity index (χ2v) is 3.57. The molecule has 0 radical (unpaired) electrons. The average Bonchev–Trinajstić information content (AvgIpc) is 2.87. The first kappa shape index (κ1) is 12.7. The van der Waals surface area contributed by atoms with Gasteiger partial charge in [-0.25, -0.2) is 0 Å². The zero-order chi connectivity index (χ0) is 13.8. The van der Waals surface area contributed by atoms with E-state index in [1.807, 2.05) is 0 Å². The molecule has 2 rings (SSSR count). The Balaban J connectivity index is 2.18. The first-order chi connectivity index (χ1) is 9.10. The maximum Gasteiger partial charge on any atom is 0.315 e. The van der Waals surface area contributed by atoms with E-state index in [0.717, 1.165) is 0 Å². The largest absolute Gasteiger partial charge is 0.469 e. The summed E-state index contributed by atoms with van der Waals surface area (Å²) in [7, 11) is 1.26. The van der Waals surface area contributed by atoms with Crippen molar-refractivity contribution in [1.82, 2.24) is 10.1 Å². The highest BCUT2D eigenvalue weighted by Crippen LogP contribution is 2.19. The van der Waals surface area contributed by atoms with Crippen molar-refractivity contribution >= 4 is 11.7 Å². The van der Waals surface area contributed by atoms with Gasteiger partial charge >= 0.3 is 5.97 Å². The van der Waals surface area contributed by atoms with Crippen LogP contribution in [0.25, 0.3) is 11.4 Å². The zero-order valence-corrected chi connectivity index (χ0v) is 9.90. The third-order valence-electron chi connectivity index (χ3n) is 2.33. The molecule has 0 atom stereocenters. The van der Waals surface area contributed by atoms with E-state index < -0.39 is 10.9 Å². The van der Waals surface area contributed by atoms with Crippen LogP contribution >= 0.6 is 0 Å². The number of ether oxygens (including phenoxy) is 1. The molecule has 8 heteroatoms. The van der Waals surface area contributed by atoms with Crippen LogP contribution in [0.15, 0.2) is 28.8 Å². The van der Waals surface area contributed by atoms with Crippen LogP contribution in [0.1, 0.15) is 5.89 Å². The van der Waals surface area contributed by atoms with Gasteiger partial charge in [-0.2, -0.15) is 4.98 Å². The van der Waals surface area contributed by atoms with Gasteiger partial charge in [0.1, 0.15) is 6.42 Å². The molecule has 8 nitrogen and oxygen atoms in total. The van der Waals surface area contributed by atoms with Gasteiger partial charge in [-0.05, 0) is 12.1 Å². The van der Waals surface area contributed by atoms with E-state index in [-0.39, 0.29) is 23.8 Å². The third-order valence-corrected chi connectivity index (χ3v) is 2.33. The van der Waals surface area contributed by atoms with Crippen LogP contribution in [0.2, 0.25) is 0 Å². The molecule has 0 spiro atoms. The zero-order valence-electron chi connectivity index (χ0n) is 9.90. The van der Waals surface area contributed by atoms with Gasteiger partial charge in [-0.1, -0.05) is 5.16 Å². The number of nitrogens with zero attached hydrogens (tertiary/aromatic N) is 3. The molecule has 0 amide bonds. The Kier molecular flexibility index (Phi) is 3.51. The molecule has 0 unspecified atom stereocenters. The standard InChI is InChI=1S/C11H9N3O5/c1-18-10(15)6-9-12-11(13-19-9)7-2-4-8(5-3-7)14(16)17/h2-5H,6H2,1H3. The summed E-state index contributed by atoms with van der Waals surface area (Å²) < 4.78 is 9.34. The number of carbonyl (C=O) groups excluding carboxylic acids is 1. The van der Waals surface area contributed by atoms with E-state index in [9.17, 15) is 14.9 Å². The molecule has 1 heterocycles. The number of hydrogen-bond acceptors (Lipinski definition) is 7. The summed E-state index contributed by atoms with van der Waals surface area (Å²) in [5, 5.41) is 14.2. The van der Waals surface area contributed by atoms with E-state index in [2.05, 4.69) is 14.9 Å². The number of benzene rings is 1. The van der Waals surface area contributed by atoms with Crippen molar-refractivity contribution in [2.24, 2.45) is 0 Å². The Morgan fingerprint density at radius 1 is 1.42 bits per heavy atom. The van der Waals surface area contributed by atoms with Crippen molar-refractivity contribution in [3.8, 4) is 11.4 Å². The fourth-order valence-electron chi connectivity index (χ4n) is 1.37. The molecule has 0 saturated carbocycles. The van der Waals surface area contributed by atoms with E-state index in [0.29, 0.717) is 5.56 Å². The molecule has 0 aliphatic carbocycles. The summed E-state index contributed by atoms with van der Waals surface area (Å²) in [6.07, 6.45) is -0.115. The summed E-state index contributed by atoms with van der Waals surface area (Å²) in [5.74, 6) is -0.104. The average molecular weight is 263 g/mol. The lowest BCUT2D eigenvalue weighted by atomic mass is 10.2. The summed E-state index contributed by atoms with van der Waals surface area (Å²) >= 11 is 0. The van der Waals surface area contributed by atoms with Crippen LogP contribution in [-0.4, -0.2) is 28.1 Å². The predicted octanol–water partition coefficient (Wildman–Crippen LogP) is 1.36. The molecule has 0 fully saturated rings. The number of esters is 1. The highest BCUT2D eigenvalue weighted by molar-refractivity contribution is 5.71. The maximum absolute atomic E-state index is 11.0. The number of non-ortho nitro benzene ring substituents is 1. The van der Waals surface area contributed by atoms with Gasteiger partial charge in [-0.3, -0.25) is 14.9 Å². The summed E-state index contributed by atoms with van der Waals surface area (Å²) in [6, 6.07) is 5.69. The highest BCUT2D eigenvalue weighted by Gasteiger charge is 2.13. The first-order valence-corrected chi connectivity index (χ1v) is 5.24. The quantitative estimate of drug-likeness (QED) is 0.465. The fraction of sp³-hybridized carbons (Fsp3) is 0.182. The smallest absolute Gasteiger partial charge is 0.315 e. The van der Waals surface area contributed by atoms with Crippen molar-refractivity contribution < 1.29 is 19.0 Å². The summed E-state index contributed by atoms with van der Waals surface area (Å²) in [6.45, 7) is 0. The summed E-state index contributed by atoms with van der Waals surface area (Å²) in [5.41, 5.74) is 0.535. The van der Waals surface area contributed by atoms with Gasteiger partial charge < -0.3 is 9.26 Å². The molecule has 19 heavy (non-hydrogen) atoms. The van der Waals surface area contributed by atoms with E-state index in [1.54, 1.807) is 0 Å². The SMILES string of the molecule is COC(=O)Cc1nc(-c2ccc([N+](=O)[O-])cc2)no1. The van der Waals surface area contributed by atoms with E-state index in [1.165, 1.54) is 31.4 Å². The molecule has 0 saturated heterocycles. The topological polar surface area (TPSA) is 108 Å². The van der Waals surface area contributed by atoms with Crippen LogP contribution in [0, 0.1) is 10.1 Å². The Morgan fingerprint density at radius 2 is 2.11 bits per heavy atom. The van der Waals surface area contributed by atoms with Gasteiger partial charge in [0.15, 0.2) is 0 Å². The van der Waals surface area contributed by atoms with Crippen molar-refractivity contribution in [3.63, 3.8) is 0 Å². The number of carbonyl (C=O) groups is 1. The molecule has 98 valence electrons. The van der Waals surface area contributed by atoms with Crippen molar-refractivity contribution in [2.75, 3.05) is 7.11 Å². The van der Waals surface area contributed by atoms with Crippen LogP contribution in [0.4, 0.5) is 5.69 Å². The first-order valence-electron chi connectivity index (χ1n) is 5.24. The third kappa shape index (κ3) is 2.92. The molecular formula is C11H9N3O5. The molecule has 2 aromatic rings. The molecule has 0 bridgehead atoms. The molecule has 1 aromatic heterocycles. The lowest BCUT2D eigenvalue weighted by molar-refractivity contribution is -0.384. The number of aromatic nitrogens is 2. The second kappa shape index (κ2) is 5.25. The number of nitro benzene ring substituents is 1. The van der Waals surface area contributed by atoms with Gasteiger partial charge in [0.05, 0.1) is 12.0 Å². The Labute approximate surface area is 107 Å². The van der Waals surface area contributed by atoms with Crippen LogP contribution in [0.3, 0.4) is 0 Å². The number of hydrogen-bond donors (Lipinski definition) is 0. The predicted molar refractivity (Wildman–Crippen MR) is 62.1 cm³/mol. The van der Waals surface area contributed by atoms with Crippen molar-refractivity contribution in [2.45, 2.75) is 6.42 Å². The van der Waals surface area contributed by atoms with E-state index in [4.69, 9.17) is 4.52 Å². The second-order valence-electron chi connectivity index (χ2n) is 3.57. The van der Waals surface area contributed by atoms with Crippen molar-refractivity contribution in [1.29, 1.82) is 0 Å². The van der Waals surface area contributed by atoms with Crippen LogP contribution in [0.5, 0.6) is 0 Å². The van der Waals surface area contributed by atoms with Gasteiger partial charge in [0, 0.05) is 17.7 Å². The Morgan fingerprint density at radius 3 is 2.68 bits per heavy atom. The van der Waals surface area contributed by atoms with Crippen molar-refractivity contribution in [3.05, 3.63) is 40.3 Å². The molecule has 1 aromatic carbocycles. The van der Waals surface area contributed by atoms with Crippen LogP contribution in [-0.2, 0) is 16.0 Å². The maximum atomic E-state index is 11.0. The molecule has 0 aliphatic rings. The number of methoxy groups -OCH3 is 1. The highest BCUT2D eigenvalue weighted by atomic mass is 16.6. The lowest BCUT2D eigenvalue weighted by Gasteiger charge is -1.94. The monoisotopic (exact) mass is 263 g/mol. The minimum Gasteiger partial charge on any atom is -0.469 e. The normalized spacial score (nSPS) is 10.2. The fourth-order valence-corrected chi connectivity index (χ4v) is 1.37. The molecule has 0 aliphatic heterocycles.